The average Bonchev–Trinajstić information content (AvgIpc) is 2.38. The van der Waals surface area contributed by atoms with Gasteiger partial charge in [-0.15, -0.1) is 0 Å². The molecular formula is C14H20FN3O2. The van der Waals surface area contributed by atoms with Crippen molar-refractivity contribution in [2.24, 2.45) is 0 Å². The number of benzene rings is 1. The second-order valence-corrected chi connectivity index (χ2v) is 5.21. The summed E-state index contributed by atoms with van der Waals surface area (Å²) in [6.45, 7) is 5.47. The molecule has 0 saturated carbocycles. The number of nitrogen functional groups attached to an aromatic ring is 1. The summed E-state index contributed by atoms with van der Waals surface area (Å²) in [5.41, 5.74) is 6.11. The van der Waals surface area contributed by atoms with Gasteiger partial charge in [0.15, 0.2) is 0 Å². The van der Waals surface area contributed by atoms with E-state index >= 15 is 0 Å². The van der Waals surface area contributed by atoms with E-state index in [0.717, 1.165) is 0 Å². The highest BCUT2D eigenvalue weighted by Crippen LogP contribution is 2.18. The van der Waals surface area contributed by atoms with Crippen molar-refractivity contribution in [3.8, 4) is 0 Å². The molecule has 1 saturated heterocycles. The lowest BCUT2D eigenvalue weighted by molar-refractivity contribution is -0.121. The van der Waals surface area contributed by atoms with Crippen LogP contribution in [0.5, 0.6) is 0 Å². The molecular weight excluding hydrogens is 261 g/mol. The van der Waals surface area contributed by atoms with Crippen LogP contribution in [0.3, 0.4) is 0 Å². The first-order valence-corrected chi connectivity index (χ1v) is 6.66. The molecule has 2 atom stereocenters. The maximum atomic E-state index is 13.5. The first-order valence-electron chi connectivity index (χ1n) is 6.66. The minimum Gasteiger partial charge on any atom is -0.399 e. The Labute approximate surface area is 117 Å². The maximum absolute atomic E-state index is 13.5. The predicted octanol–water partition coefficient (Wildman–Crippen LogP) is 1.46. The van der Waals surface area contributed by atoms with E-state index in [1.807, 2.05) is 18.7 Å². The van der Waals surface area contributed by atoms with Crippen molar-refractivity contribution < 1.29 is 13.9 Å². The standard InChI is InChI=1S/C14H20FN3O2/c1-9-8-20-10(2)6-18(9)7-14(19)17-13-5-11(16)3-4-12(13)15/h3-5,9-10H,6-8,16H2,1-2H3,(H,17,19). The number of amides is 1. The highest BCUT2D eigenvalue weighted by Gasteiger charge is 2.25. The summed E-state index contributed by atoms with van der Waals surface area (Å²) in [5, 5.41) is 2.56. The van der Waals surface area contributed by atoms with Gasteiger partial charge in [-0.05, 0) is 32.0 Å². The number of hydrogen-bond acceptors (Lipinski definition) is 4. The topological polar surface area (TPSA) is 67.6 Å². The Hall–Kier alpha value is -1.66. The predicted molar refractivity (Wildman–Crippen MR) is 75.9 cm³/mol. The molecule has 20 heavy (non-hydrogen) atoms. The van der Waals surface area contributed by atoms with Gasteiger partial charge >= 0.3 is 0 Å². The summed E-state index contributed by atoms with van der Waals surface area (Å²) in [6.07, 6.45) is 0.100. The van der Waals surface area contributed by atoms with Crippen molar-refractivity contribution in [1.82, 2.24) is 4.90 Å². The Morgan fingerprint density at radius 2 is 2.30 bits per heavy atom. The van der Waals surface area contributed by atoms with Crippen LogP contribution in [0, 0.1) is 5.82 Å². The van der Waals surface area contributed by atoms with Gasteiger partial charge in [0, 0.05) is 18.3 Å². The first kappa shape index (κ1) is 14.7. The number of nitrogens with one attached hydrogen (secondary N) is 1. The monoisotopic (exact) mass is 281 g/mol. The van der Waals surface area contributed by atoms with E-state index in [2.05, 4.69) is 5.32 Å². The van der Waals surface area contributed by atoms with Gasteiger partial charge in [0.2, 0.25) is 5.91 Å². The zero-order valence-corrected chi connectivity index (χ0v) is 11.7. The number of morpholine rings is 1. The van der Waals surface area contributed by atoms with Gasteiger partial charge in [0.25, 0.3) is 0 Å². The van der Waals surface area contributed by atoms with Crippen LogP contribution >= 0.6 is 0 Å². The molecule has 1 amide bonds. The Morgan fingerprint density at radius 3 is 3.05 bits per heavy atom. The minimum absolute atomic E-state index is 0.100. The molecule has 110 valence electrons. The van der Waals surface area contributed by atoms with Gasteiger partial charge in [-0.3, -0.25) is 9.69 Å². The quantitative estimate of drug-likeness (QED) is 0.823. The molecule has 1 aromatic carbocycles. The van der Waals surface area contributed by atoms with Gasteiger partial charge in [-0.2, -0.15) is 0 Å². The third kappa shape index (κ3) is 3.68. The lowest BCUT2D eigenvalue weighted by Crippen LogP contribution is -2.50. The normalized spacial score (nSPS) is 23.6. The Bertz CT molecular complexity index is 495. The number of halogens is 1. The van der Waals surface area contributed by atoms with Gasteiger partial charge in [-0.25, -0.2) is 4.39 Å². The van der Waals surface area contributed by atoms with E-state index in [0.29, 0.717) is 18.8 Å². The number of carbonyl (C=O) groups excluding carboxylic acids is 1. The number of hydrogen-bond donors (Lipinski definition) is 2. The summed E-state index contributed by atoms with van der Waals surface area (Å²) in [6, 6.07) is 4.28. The van der Waals surface area contributed by atoms with Crippen molar-refractivity contribution >= 4 is 17.3 Å². The van der Waals surface area contributed by atoms with Crippen molar-refractivity contribution in [3.05, 3.63) is 24.0 Å². The molecule has 1 aliphatic heterocycles. The van der Waals surface area contributed by atoms with Crippen molar-refractivity contribution in [2.45, 2.75) is 26.0 Å². The molecule has 5 nitrogen and oxygen atoms in total. The second kappa shape index (κ2) is 6.19. The van der Waals surface area contributed by atoms with E-state index in [1.165, 1.54) is 18.2 Å². The number of nitrogens with zero attached hydrogens (tertiary/aromatic N) is 1. The summed E-state index contributed by atoms with van der Waals surface area (Å²) >= 11 is 0. The molecule has 2 unspecified atom stereocenters. The van der Waals surface area contributed by atoms with Crippen LogP contribution in [0.4, 0.5) is 15.8 Å². The molecule has 0 aliphatic carbocycles. The largest absolute Gasteiger partial charge is 0.399 e. The molecule has 6 heteroatoms. The highest BCUT2D eigenvalue weighted by atomic mass is 19.1. The van der Waals surface area contributed by atoms with Crippen molar-refractivity contribution in [1.29, 1.82) is 0 Å². The second-order valence-electron chi connectivity index (χ2n) is 5.21. The maximum Gasteiger partial charge on any atom is 0.238 e. The molecule has 1 aromatic rings. The van der Waals surface area contributed by atoms with Gasteiger partial charge in [0.1, 0.15) is 5.82 Å². The molecule has 3 N–H and O–H groups in total. The van der Waals surface area contributed by atoms with Crippen LogP contribution in [0.2, 0.25) is 0 Å². The van der Waals surface area contributed by atoms with E-state index in [4.69, 9.17) is 10.5 Å². The van der Waals surface area contributed by atoms with E-state index in [-0.39, 0.29) is 30.3 Å². The minimum atomic E-state index is -0.490. The number of carbonyl (C=O) groups is 1. The Balaban J connectivity index is 1.96. The van der Waals surface area contributed by atoms with Crippen LogP contribution in [-0.2, 0) is 9.53 Å². The SMILES string of the molecule is CC1CN(CC(=O)Nc2cc(N)ccc2F)C(C)CO1. The smallest absolute Gasteiger partial charge is 0.238 e. The van der Waals surface area contributed by atoms with E-state index in [1.54, 1.807) is 0 Å². The zero-order valence-electron chi connectivity index (χ0n) is 11.7. The Morgan fingerprint density at radius 1 is 1.55 bits per heavy atom. The van der Waals surface area contributed by atoms with Crippen molar-refractivity contribution in [2.75, 3.05) is 30.7 Å². The summed E-state index contributed by atoms with van der Waals surface area (Å²) in [5.74, 6) is -0.744. The lowest BCUT2D eigenvalue weighted by Gasteiger charge is -2.36. The summed E-state index contributed by atoms with van der Waals surface area (Å²) < 4.78 is 19.0. The fourth-order valence-corrected chi connectivity index (χ4v) is 2.21. The molecule has 0 aromatic heterocycles. The molecule has 0 radical (unpaired) electrons. The van der Waals surface area contributed by atoms with E-state index < -0.39 is 5.82 Å². The van der Waals surface area contributed by atoms with Gasteiger partial charge < -0.3 is 15.8 Å². The average molecular weight is 281 g/mol. The molecule has 0 bridgehead atoms. The highest BCUT2D eigenvalue weighted by molar-refractivity contribution is 5.92. The van der Waals surface area contributed by atoms with Crippen LogP contribution in [0.25, 0.3) is 0 Å². The van der Waals surface area contributed by atoms with Crippen LogP contribution in [-0.4, -0.2) is 42.6 Å². The number of rotatable bonds is 3. The molecule has 0 spiro atoms. The van der Waals surface area contributed by atoms with Crippen LogP contribution in [0.1, 0.15) is 13.8 Å². The Kier molecular flexibility index (Phi) is 4.57. The molecule has 1 heterocycles. The number of ether oxygens (including phenoxy) is 1. The van der Waals surface area contributed by atoms with Crippen molar-refractivity contribution in [3.63, 3.8) is 0 Å². The number of anilines is 2. The molecule has 2 rings (SSSR count). The summed E-state index contributed by atoms with van der Waals surface area (Å²) in [7, 11) is 0. The van der Waals surface area contributed by atoms with Crippen LogP contribution < -0.4 is 11.1 Å². The molecule has 1 aliphatic rings. The third-order valence-corrected chi connectivity index (χ3v) is 3.35. The summed E-state index contributed by atoms with van der Waals surface area (Å²) in [4.78, 5) is 14.0. The first-order chi connectivity index (χ1) is 9.45. The lowest BCUT2D eigenvalue weighted by atomic mass is 10.2. The fraction of sp³-hybridized carbons (Fsp3) is 0.500. The molecule has 1 fully saturated rings. The third-order valence-electron chi connectivity index (χ3n) is 3.35. The number of nitrogens with two attached hydrogens (primary N) is 1. The fourth-order valence-electron chi connectivity index (χ4n) is 2.21. The van der Waals surface area contributed by atoms with E-state index in [9.17, 15) is 9.18 Å². The van der Waals surface area contributed by atoms with Crippen LogP contribution in [0.15, 0.2) is 18.2 Å². The zero-order chi connectivity index (χ0) is 14.7. The van der Waals surface area contributed by atoms with Gasteiger partial charge in [-0.1, -0.05) is 0 Å². The van der Waals surface area contributed by atoms with Gasteiger partial charge in [0.05, 0.1) is 24.9 Å².